The molecule has 3 aromatic rings. The number of carbonyl (C=O) groups is 1. The summed E-state index contributed by atoms with van der Waals surface area (Å²) in [4.78, 5) is 19.1. The van der Waals surface area contributed by atoms with Crippen molar-refractivity contribution in [2.75, 3.05) is 6.54 Å². The largest absolute Gasteiger partial charge is 0.349 e. The lowest BCUT2D eigenvalue weighted by Gasteiger charge is -2.22. The average molecular weight is 449 g/mol. The Morgan fingerprint density at radius 1 is 1.15 bits per heavy atom. The van der Waals surface area contributed by atoms with Crippen LogP contribution >= 0.6 is 0 Å². The molecule has 2 aliphatic rings. The number of aromatic nitrogens is 2. The van der Waals surface area contributed by atoms with Gasteiger partial charge in [-0.2, -0.15) is 4.98 Å². The van der Waals surface area contributed by atoms with Crippen LogP contribution in [0.4, 0.5) is 4.39 Å². The Labute approximate surface area is 193 Å². The highest BCUT2D eigenvalue weighted by Gasteiger charge is 2.29. The van der Waals surface area contributed by atoms with Crippen molar-refractivity contribution < 1.29 is 13.7 Å². The van der Waals surface area contributed by atoms with Crippen LogP contribution in [0.2, 0.25) is 0 Å². The number of benzene rings is 2. The molecule has 1 amide bonds. The molecule has 7 heteroatoms. The van der Waals surface area contributed by atoms with Crippen molar-refractivity contribution in [1.82, 2.24) is 20.4 Å². The summed E-state index contributed by atoms with van der Waals surface area (Å²) in [5.41, 5.74) is 3.16. The molecule has 0 aliphatic heterocycles. The van der Waals surface area contributed by atoms with Gasteiger partial charge in [0.2, 0.25) is 11.7 Å². The lowest BCUT2D eigenvalue weighted by Crippen LogP contribution is -2.27. The van der Waals surface area contributed by atoms with Crippen LogP contribution in [0.1, 0.15) is 59.5 Å². The van der Waals surface area contributed by atoms with Gasteiger partial charge in [0.05, 0.1) is 0 Å². The predicted molar refractivity (Wildman–Crippen MR) is 123 cm³/mol. The molecule has 2 saturated carbocycles. The zero-order chi connectivity index (χ0) is 22.8. The first-order valence-electron chi connectivity index (χ1n) is 11.8. The number of halogens is 1. The van der Waals surface area contributed by atoms with Crippen LogP contribution in [0.25, 0.3) is 11.4 Å². The molecule has 6 nitrogen and oxygen atoms in total. The highest BCUT2D eigenvalue weighted by atomic mass is 19.1. The Morgan fingerprint density at radius 2 is 1.94 bits per heavy atom. The van der Waals surface area contributed by atoms with Gasteiger partial charge in [0, 0.05) is 36.2 Å². The minimum Gasteiger partial charge on any atom is -0.349 e. The van der Waals surface area contributed by atoms with Gasteiger partial charge >= 0.3 is 0 Å². The number of hydrogen-bond donors (Lipinski definition) is 1. The Bertz CT molecular complexity index is 1120. The van der Waals surface area contributed by atoms with Crippen molar-refractivity contribution in [2.45, 2.75) is 64.1 Å². The maximum atomic E-state index is 13.8. The van der Waals surface area contributed by atoms with Gasteiger partial charge in [-0.1, -0.05) is 29.4 Å². The van der Waals surface area contributed by atoms with Gasteiger partial charge in [-0.15, -0.1) is 0 Å². The molecule has 1 aromatic heterocycles. The number of nitrogens with zero attached hydrogens (tertiary/aromatic N) is 3. The second-order valence-electron chi connectivity index (χ2n) is 9.23. The molecule has 2 fully saturated rings. The summed E-state index contributed by atoms with van der Waals surface area (Å²) in [7, 11) is 0. The molecule has 2 aliphatic carbocycles. The fraction of sp³-hybridized carbons (Fsp3) is 0.423. The number of rotatable bonds is 10. The standard InChI is InChI=1S/C26H29FN4O2/c1-17-4-7-20(15-23(17)27)25-29-24(33-30-25)3-2-14-31(22-12-13-22)16-18-5-8-19(9-6-18)26(32)28-21-10-11-21/h4-9,15,21-22H,2-3,10-14,16H2,1H3,(H,28,32). The first-order valence-corrected chi connectivity index (χ1v) is 11.8. The van der Waals surface area contributed by atoms with E-state index in [0.29, 0.717) is 41.3 Å². The van der Waals surface area contributed by atoms with Crippen LogP contribution in [0.3, 0.4) is 0 Å². The van der Waals surface area contributed by atoms with Crippen LogP contribution in [0.15, 0.2) is 47.0 Å². The fourth-order valence-electron chi connectivity index (χ4n) is 3.96. The summed E-state index contributed by atoms with van der Waals surface area (Å²) in [6.07, 6.45) is 6.23. The molecule has 33 heavy (non-hydrogen) atoms. The van der Waals surface area contributed by atoms with E-state index in [2.05, 4.69) is 32.5 Å². The van der Waals surface area contributed by atoms with Crippen molar-refractivity contribution in [3.05, 3.63) is 70.9 Å². The summed E-state index contributed by atoms with van der Waals surface area (Å²) in [6.45, 7) is 3.53. The molecule has 1 N–H and O–H groups in total. The van der Waals surface area contributed by atoms with E-state index in [9.17, 15) is 9.18 Å². The van der Waals surface area contributed by atoms with Crippen molar-refractivity contribution >= 4 is 5.91 Å². The Kier molecular flexibility index (Phi) is 6.22. The minimum atomic E-state index is -0.268. The normalized spacial score (nSPS) is 15.7. The van der Waals surface area contributed by atoms with Crippen LogP contribution in [0, 0.1) is 12.7 Å². The van der Waals surface area contributed by atoms with E-state index in [0.717, 1.165) is 37.9 Å². The molecule has 5 rings (SSSR count). The van der Waals surface area contributed by atoms with Gasteiger partial charge in [0.25, 0.3) is 5.91 Å². The van der Waals surface area contributed by atoms with Gasteiger partial charge in [-0.05, 0) is 74.9 Å². The summed E-state index contributed by atoms with van der Waals surface area (Å²) in [6, 6.07) is 13.9. The lowest BCUT2D eigenvalue weighted by atomic mass is 10.1. The third-order valence-electron chi connectivity index (χ3n) is 6.31. The quantitative estimate of drug-likeness (QED) is 0.488. The molecule has 2 aromatic carbocycles. The topological polar surface area (TPSA) is 71.3 Å². The Balaban J connectivity index is 1.14. The van der Waals surface area contributed by atoms with Gasteiger partial charge in [-0.25, -0.2) is 4.39 Å². The SMILES string of the molecule is Cc1ccc(-c2noc(CCCN(Cc3ccc(C(=O)NC4CC4)cc3)C3CC3)n2)cc1F. The van der Waals surface area contributed by atoms with Gasteiger partial charge < -0.3 is 9.84 Å². The van der Waals surface area contributed by atoms with Crippen molar-refractivity contribution in [3.63, 3.8) is 0 Å². The molecule has 1 heterocycles. The highest BCUT2D eigenvalue weighted by Crippen LogP contribution is 2.29. The maximum Gasteiger partial charge on any atom is 0.251 e. The molecule has 0 spiro atoms. The minimum absolute atomic E-state index is 0.0235. The molecule has 0 saturated heterocycles. The lowest BCUT2D eigenvalue weighted by molar-refractivity contribution is 0.0951. The third kappa shape index (κ3) is 5.66. The van der Waals surface area contributed by atoms with E-state index in [1.165, 1.54) is 24.5 Å². The van der Waals surface area contributed by atoms with E-state index in [4.69, 9.17) is 4.52 Å². The molecular weight excluding hydrogens is 419 g/mol. The van der Waals surface area contributed by atoms with E-state index in [1.54, 1.807) is 13.0 Å². The van der Waals surface area contributed by atoms with Crippen LogP contribution in [0.5, 0.6) is 0 Å². The molecule has 0 bridgehead atoms. The number of aryl methyl sites for hydroxylation is 2. The first-order chi connectivity index (χ1) is 16.0. The number of hydrogen-bond acceptors (Lipinski definition) is 5. The number of carbonyl (C=O) groups excluding carboxylic acids is 1. The van der Waals surface area contributed by atoms with Crippen molar-refractivity contribution in [2.24, 2.45) is 0 Å². The van der Waals surface area contributed by atoms with E-state index in [1.807, 2.05) is 18.2 Å². The fourth-order valence-corrected chi connectivity index (χ4v) is 3.96. The van der Waals surface area contributed by atoms with Crippen molar-refractivity contribution in [1.29, 1.82) is 0 Å². The number of nitrogens with one attached hydrogen (secondary N) is 1. The van der Waals surface area contributed by atoms with Crippen LogP contribution < -0.4 is 5.32 Å². The van der Waals surface area contributed by atoms with Crippen LogP contribution in [-0.4, -0.2) is 39.6 Å². The Morgan fingerprint density at radius 3 is 2.64 bits per heavy atom. The van der Waals surface area contributed by atoms with Gasteiger partial charge in [-0.3, -0.25) is 9.69 Å². The second-order valence-corrected chi connectivity index (χ2v) is 9.23. The van der Waals surface area contributed by atoms with Crippen molar-refractivity contribution in [3.8, 4) is 11.4 Å². The van der Waals surface area contributed by atoms with Gasteiger partial charge in [0.1, 0.15) is 5.82 Å². The molecular formula is C26H29FN4O2. The van der Waals surface area contributed by atoms with E-state index in [-0.39, 0.29) is 11.7 Å². The Hall–Kier alpha value is -3.06. The maximum absolute atomic E-state index is 13.8. The summed E-state index contributed by atoms with van der Waals surface area (Å²) in [5.74, 6) is 0.757. The summed E-state index contributed by atoms with van der Waals surface area (Å²) in [5, 5.41) is 7.05. The zero-order valence-corrected chi connectivity index (χ0v) is 18.9. The smallest absolute Gasteiger partial charge is 0.251 e. The molecule has 0 radical (unpaired) electrons. The molecule has 172 valence electrons. The van der Waals surface area contributed by atoms with Crippen LogP contribution in [-0.2, 0) is 13.0 Å². The third-order valence-corrected chi connectivity index (χ3v) is 6.31. The monoisotopic (exact) mass is 448 g/mol. The van der Waals surface area contributed by atoms with Gasteiger partial charge in [0.15, 0.2) is 0 Å². The predicted octanol–water partition coefficient (Wildman–Crippen LogP) is 4.67. The second kappa shape index (κ2) is 9.43. The van der Waals surface area contributed by atoms with E-state index >= 15 is 0 Å². The first kappa shape index (κ1) is 21.8. The van der Waals surface area contributed by atoms with E-state index < -0.39 is 0 Å². The summed E-state index contributed by atoms with van der Waals surface area (Å²) < 4.78 is 19.2. The zero-order valence-electron chi connectivity index (χ0n) is 18.9. The molecule has 0 unspecified atom stereocenters. The number of amides is 1. The molecule has 0 atom stereocenters. The summed E-state index contributed by atoms with van der Waals surface area (Å²) >= 11 is 0. The average Bonchev–Trinajstić information content (AvgIpc) is 3.75. The highest BCUT2D eigenvalue weighted by molar-refractivity contribution is 5.94.